The zero-order valence-corrected chi connectivity index (χ0v) is 24.1. The fourth-order valence-electron chi connectivity index (χ4n) is 5.10. The Morgan fingerprint density at radius 3 is 1.93 bits per heavy atom. The number of allylic oxidation sites excluding steroid dienone is 1. The Morgan fingerprint density at radius 2 is 1.34 bits per heavy atom. The number of hydrogen-bond donors (Lipinski definition) is 0. The van der Waals surface area contributed by atoms with Crippen LogP contribution in [0, 0.1) is 12.3 Å². The van der Waals surface area contributed by atoms with E-state index < -0.39 is 21.0 Å². The Morgan fingerprint density at radius 1 is 0.780 bits per heavy atom. The number of rotatable bonds is 8. The van der Waals surface area contributed by atoms with Gasteiger partial charge in [0.25, 0.3) is 0 Å². The number of sulfone groups is 1. The van der Waals surface area contributed by atoms with Crippen LogP contribution in [0.3, 0.4) is 0 Å². The van der Waals surface area contributed by atoms with E-state index in [1.165, 1.54) is 19.2 Å². The average molecular weight is 567 g/mol. The molecule has 4 aromatic carbocycles. The molecule has 7 nitrogen and oxygen atoms in total. The highest BCUT2D eigenvalue weighted by atomic mass is 32.2. The van der Waals surface area contributed by atoms with Gasteiger partial charge in [-0.15, -0.1) is 5.11 Å². The molecule has 0 fully saturated rings. The lowest BCUT2D eigenvalue weighted by atomic mass is 9.81. The number of nitrogens with zero attached hydrogens (tertiary/aromatic N) is 2. The summed E-state index contributed by atoms with van der Waals surface area (Å²) in [6, 6.07) is 28.2. The molecule has 1 aliphatic carbocycles. The third-order valence-corrected chi connectivity index (χ3v) is 9.24. The topological polar surface area (TPSA) is 94.4 Å². The number of methoxy groups -OCH3 is 2. The Labute approximate surface area is 240 Å². The quantitative estimate of drug-likeness (QED) is 0.208. The molecule has 0 amide bonds. The molecule has 1 aliphatic rings. The summed E-state index contributed by atoms with van der Waals surface area (Å²) in [5.74, 6) is 0.514. The number of benzene rings is 4. The van der Waals surface area contributed by atoms with Gasteiger partial charge in [-0.05, 0) is 67.9 Å². The smallest absolute Gasteiger partial charge is 0.179 e. The van der Waals surface area contributed by atoms with Crippen LogP contribution in [0.1, 0.15) is 34.0 Å². The number of carbonyl (C=O) groups excluding carboxylic acids is 1. The van der Waals surface area contributed by atoms with Crippen LogP contribution in [-0.4, -0.2) is 34.2 Å². The predicted octanol–water partition coefficient (Wildman–Crippen LogP) is 7.34. The molecule has 0 aromatic heterocycles. The van der Waals surface area contributed by atoms with Gasteiger partial charge in [0.2, 0.25) is 0 Å². The van der Waals surface area contributed by atoms with E-state index in [4.69, 9.17) is 9.47 Å². The van der Waals surface area contributed by atoms with Crippen molar-refractivity contribution in [2.24, 2.45) is 15.6 Å². The number of carbonyl (C=O) groups is 1. The van der Waals surface area contributed by atoms with E-state index in [-0.39, 0.29) is 10.7 Å². The van der Waals surface area contributed by atoms with Crippen LogP contribution >= 0.6 is 0 Å². The lowest BCUT2D eigenvalue weighted by Crippen LogP contribution is -2.33. The summed E-state index contributed by atoms with van der Waals surface area (Å²) in [6.07, 6.45) is 0. The predicted molar refractivity (Wildman–Crippen MR) is 159 cm³/mol. The van der Waals surface area contributed by atoms with Gasteiger partial charge in [0, 0.05) is 16.7 Å². The molecule has 0 aliphatic heterocycles. The summed E-state index contributed by atoms with van der Waals surface area (Å²) >= 11 is 0. The first-order valence-corrected chi connectivity index (χ1v) is 14.7. The van der Waals surface area contributed by atoms with E-state index in [2.05, 4.69) is 10.2 Å². The van der Waals surface area contributed by atoms with E-state index in [9.17, 15) is 13.2 Å². The van der Waals surface area contributed by atoms with Gasteiger partial charge < -0.3 is 9.47 Å². The summed E-state index contributed by atoms with van der Waals surface area (Å²) < 4.78 is 38.0. The van der Waals surface area contributed by atoms with Crippen molar-refractivity contribution < 1.29 is 22.7 Å². The fraction of sp³-hybridized carbons (Fsp3) is 0.182. The van der Waals surface area contributed by atoms with Gasteiger partial charge in [0.1, 0.15) is 11.5 Å². The molecular formula is C33H30N2O5S. The van der Waals surface area contributed by atoms with Crippen molar-refractivity contribution >= 4 is 32.6 Å². The van der Waals surface area contributed by atoms with Crippen LogP contribution in [0.4, 0.5) is 5.69 Å². The zero-order valence-electron chi connectivity index (χ0n) is 23.3. The van der Waals surface area contributed by atoms with Crippen molar-refractivity contribution in [3.63, 3.8) is 0 Å². The van der Waals surface area contributed by atoms with E-state index in [0.29, 0.717) is 39.6 Å². The fourth-order valence-corrected chi connectivity index (χ4v) is 6.85. The molecule has 1 atom stereocenters. The number of ketones is 1. The highest BCUT2D eigenvalue weighted by molar-refractivity contribution is 7.91. The number of fused-ring (bicyclic) bond motifs is 1. The highest BCUT2D eigenvalue weighted by Gasteiger charge is 2.50. The minimum Gasteiger partial charge on any atom is -0.497 e. The van der Waals surface area contributed by atoms with Gasteiger partial charge in [-0.3, -0.25) is 4.79 Å². The molecule has 41 heavy (non-hydrogen) atoms. The van der Waals surface area contributed by atoms with E-state index in [1.54, 1.807) is 62.6 Å². The van der Waals surface area contributed by atoms with Gasteiger partial charge in [-0.25, -0.2) is 8.42 Å². The SMILES string of the molecule is COc1ccc(N=N/C(=C2/c3ccccc3C(=O)[C@]2(C)CS(=O)(=O)c2ccc(OC)cc2)c2ccc(C)cc2)cc1. The molecule has 208 valence electrons. The monoisotopic (exact) mass is 566 g/mol. The summed E-state index contributed by atoms with van der Waals surface area (Å²) in [7, 11) is -0.799. The van der Waals surface area contributed by atoms with Crippen molar-refractivity contribution in [1.82, 2.24) is 0 Å². The molecule has 4 aromatic rings. The molecule has 0 N–H and O–H groups in total. The van der Waals surface area contributed by atoms with E-state index in [1.807, 2.05) is 43.3 Å². The van der Waals surface area contributed by atoms with Gasteiger partial charge >= 0.3 is 0 Å². The lowest BCUT2D eigenvalue weighted by molar-refractivity contribution is 0.0907. The molecular weight excluding hydrogens is 536 g/mol. The number of Topliss-reactive ketones (excluding diaryl/α,β-unsaturated/α-hetero) is 1. The van der Waals surface area contributed by atoms with Gasteiger partial charge in [0.05, 0.1) is 41.7 Å². The average Bonchev–Trinajstić information content (AvgIpc) is 3.20. The summed E-state index contributed by atoms with van der Waals surface area (Å²) in [5, 5.41) is 9.19. The van der Waals surface area contributed by atoms with Crippen molar-refractivity contribution in [3.8, 4) is 11.5 Å². The molecule has 8 heteroatoms. The summed E-state index contributed by atoms with van der Waals surface area (Å²) in [5.41, 5.74) is 3.00. The molecule has 0 unspecified atom stereocenters. The first-order chi connectivity index (χ1) is 19.7. The van der Waals surface area contributed by atoms with Crippen LogP contribution in [0.25, 0.3) is 11.3 Å². The Hall–Kier alpha value is -4.56. The van der Waals surface area contributed by atoms with Crippen LogP contribution in [-0.2, 0) is 9.84 Å². The summed E-state index contributed by atoms with van der Waals surface area (Å²) in [4.78, 5) is 14.2. The Balaban J connectivity index is 1.72. The standard InChI is InChI=1S/C33H30N2O5S/c1-22-9-11-23(12-10-22)31(35-34-24-13-15-25(39-3)16-14-24)30-28-7-5-6-8-29(28)32(36)33(30,2)21-41(37,38)27-19-17-26(40-4)18-20-27/h5-20H,21H2,1-4H3/b31-30-,35-34?/t33-/m1/s1. The molecule has 0 heterocycles. The zero-order chi connectivity index (χ0) is 29.2. The maximum Gasteiger partial charge on any atom is 0.179 e. The second-order valence-corrected chi connectivity index (χ2v) is 12.1. The molecule has 0 spiro atoms. The largest absolute Gasteiger partial charge is 0.497 e. The minimum atomic E-state index is -3.90. The van der Waals surface area contributed by atoms with Crippen molar-refractivity contribution in [2.45, 2.75) is 18.7 Å². The third kappa shape index (κ3) is 5.43. The van der Waals surface area contributed by atoms with Crippen LogP contribution in [0.15, 0.2) is 112 Å². The first-order valence-electron chi connectivity index (χ1n) is 13.0. The first kappa shape index (κ1) is 28.0. The third-order valence-electron chi connectivity index (χ3n) is 7.29. The minimum absolute atomic E-state index is 0.111. The lowest BCUT2D eigenvalue weighted by Gasteiger charge is -2.26. The maximum absolute atomic E-state index is 14.1. The number of ether oxygens (including phenoxy) is 2. The van der Waals surface area contributed by atoms with Crippen molar-refractivity contribution in [2.75, 3.05) is 20.0 Å². The Bertz CT molecular complexity index is 1760. The van der Waals surface area contributed by atoms with Crippen molar-refractivity contribution in [3.05, 3.63) is 119 Å². The number of azo groups is 1. The normalized spacial score (nSPS) is 17.9. The van der Waals surface area contributed by atoms with E-state index >= 15 is 0 Å². The second-order valence-electron chi connectivity index (χ2n) is 10.1. The van der Waals surface area contributed by atoms with Crippen LogP contribution in [0.5, 0.6) is 11.5 Å². The van der Waals surface area contributed by atoms with Crippen molar-refractivity contribution in [1.29, 1.82) is 0 Å². The molecule has 0 saturated heterocycles. The Kier molecular flexibility index (Phi) is 7.60. The number of hydrogen-bond acceptors (Lipinski definition) is 7. The van der Waals surface area contributed by atoms with E-state index in [0.717, 1.165) is 11.1 Å². The molecule has 0 saturated carbocycles. The second kappa shape index (κ2) is 11.1. The highest BCUT2D eigenvalue weighted by Crippen LogP contribution is 2.51. The number of aryl methyl sites for hydroxylation is 1. The molecule has 0 bridgehead atoms. The van der Waals surface area contributed by atoms with Gasteiger partial charge in [0.15, 0.2) is 15.6 Å². The summed E-state index contributed by atoms with van der Waals surface area (Å²) in [6.45, 7) is 3.66. The molecule has 5 rings (SSSR count). The molecule has 0 radical (unpaired) electrons. The van der Waals surface area contributed by atoms with Gasteiger partial charge in [-0.1, -0.05) is 54.1 Å². The van der Waals surface area contributed by atoms with Crippen LogP contribution < -0.4 is 9.47 Å². The van der Waals surface area contributed by atoms with Gasteiger partial charge in [-0.2, -0.15) is 5.11 Å². The maximum atomic E-state index is 14.1. The van der Waals surface area contributed by atoms with Crippen LogP contribution in [0.2, 0.25) is 0 Å².